The van der Waals surface area contributed by atoms with Crippen LogP contribution >= 0.6 is 11.8 Å². The Hall–Kier alpha value is -1.67. The molecule has 1 saturated heterocycles. The number of hydrogen-bond donors (Lipinski definition) is 1. The van der Waals surface area contributed by atoms with Gasteiger partial charge in [0.2, 0.25) is 11.8 Å². The van der Waals surface area contributed by atoms with Gasteiger partial charge in [0, 0.05) is 44.2 Å². The number of hydrogen-bond acceptors (Lipinski definition) is 4. The molecule has 0 atom stereocenters. The van der Waals surface area contributed by atoms with Crippen LogP contribution in [0.3, 0.4) is 0 Å². The summed E-state index contributed by atoms with van der Waals surface area (Å²) in [4.78, 5) is 27.4. The zero-order chi connectivity index (χ0) is 16.8. The largest absolute Gasteiger partial charge is 0.358 e. The van der Waals surface area contributed by atoms with Gasteiger partial charge >= 0.3 is 0 Å². The van der Waals surface area contributed by atoms with Gasteiger partial charge in [-0.15, -0.1) is 11.8 Å². The third-order valence-electron chi connectivity index (χ3n) is 3.62. The predicted molar refractivity (Wildman–Crippen MR) is 84.2 cm³/mol. The smallest absolute Gasteiger partial charge is 0.233 e. The Morgan fingerprint density at radius 1 is 1.22 bits per heavy atom. The van der Waals surface area contributed by atoms with Crippen molar-refractivity contribution >= 4 is 23.6 Å². The zero-order valence-corrected chi connectivity index (χ0v) is 13.7. The molecule has 0 aromatic heterocycles. The van der Waals surface area contributed by atoms with Crippen molar-refractivity contribution in [3.63, 3.8) is 0 Å². The molecule has 1 heterocycles. The van der Waals surface area contributed by atoms with Crippen LogP contribution in [0.1, 0.15) is 0 Å². The fourth-order valence-corrected chi connectivity index (χ4v) is 3.08. The average Bonchev–Trinajstić information content (AvgIpc) is 2.54. The Morgan fingerprint density at radius 2 is 1.91 bits per heavy atom. The van der Waals surface area contributed by atoms with Gasteiger partial charge in [0.15, 0.2) is 0 Å². The molecule has 0 aliphatic carbocycles. The fourth-order valence-electron chi connectivity index (χ4n) is 2.26. The third-order valence-corrected chi connectivity index (χ3v) is 4.65. The van der Waals surface area contributed by atoms with Gasteiger partial charge in [-0.25, -0.2) is 8.78 Å². The quantitative estimate of drug-likeness (QED) is 0.809. The second-order valence-corrected chi connectivity index (χ2v) is 6.21. The Kier molecular flexibility index (Phi) is 6.35. The van der Waals surface area contributed by atoms with E-state index in [-0.39, 0.29) is 22.5 Å². The Bertz CT molecular complexity index is 578. The van der Waals surface area contributed by atoms with Crippen molar-refractivity contribution in [2.45, 2.75) is 4.90 Å². The molecule has 1 N–H and O–H groups in total. The fraction of sp³-hybridized carbons (Fsp3) is 0.467. The van der Waals surface area contributed by atoms with E-state index in [2.05, 4.69) is 5.32 Å². The summed E-state index contributed by atoms with van der Waals surface area (Å²) < 4.78 is 26.4. The van der Waals surface area contributed by atoms with E-state index in [1.54, 1.807) is 11.9 Å². The molecule has 0 bridgehead atoms. The second-order valence-electron chi connectivity index (χ2n) is 5.19. The van der Waals surface area contributed by atoms with Crippen molar-refractivity contribution in [2.75, 3.05) is 45.5 Å². The zero-order valence-electron chi connectivity index (χ0n) is 12.8. The number of likely N-dealkylation sites (N-methyl/N-ethyl adjacent to an activating group) is 1. The van der Waals surface area contributed by atoms with Gasteiger partial charge in [0.05, 0.1) is 12.3 Å². The molecule has 1 aromatic carbocycles. The van der Waals surface area contributed by atoms with Crippen LogP contribution in [0.2, 0.25) is 0 Å². The van der Waals surface area contributed by atoms with Crippen molar-refractivity contribution in [3.05, 3.63) is 29.8 Å². The van der Waals surface area contributed by atoms with Crippen LogP contribution in [0.25, 0.3) is 0 Å². The number of rotatable bonds is 5. The van der Waals surface area contributed by atoms with Gasteiger partial charge in [-0.05, 0) is 12.1 Å². The Morgan fingerprint density at radius 3 is 2.52 bits per heavy atom. The first-order chi connectivity index (χ1) is 11.0. The predicted octanol–water partition coefficient (Wildman–Crippen LogP) is 0.947. The van der Waals surface area contributed by atoms with Crippen molar-refractivity contribution in [1.29, 1.82) is 0 Å². The minimum atomic E-state index is -0.654. The van der Waals surface area contributed by atoms with Crippen LogP contribution in [0.5, 0.6) is 0 Å². The number of carbonyl (C=O) groups excluding carboxylic acids is 2. The lowest BCUT2D eigenvalue weighted by Crippen LogP contribution is -2.51. The molecule has 2 rings (SSSR count). The summed E-state index contributed by atoms with van der Waals surface area (Å²) in [5, 5.41) is 2.57. The lowest BCUT2D eigenvalue weighted by molar-refractivity contribution is -0.130. The Balaban J connectivity index is 1.78. The Labute approximate surface area is 138 Å². The van der Waals surface area contributed by atoms with Crippen molar-refractivity contribution < 1.29 is 18.4 Å². The molecular formula is C15H19F2N3O2S. The molecule has 1 aliphatic heterocycles. The number of nitrogens with zero attached hydrogens (tertiary/aromatic N) is 2. The van der Waals surface area contributed by atoms with Gasteiger partial charge in [-0.3, -0.25) is 14.5 Å². The summed E-state index contributed by atoms with van der Waals surface area (Å²) in [5.74, 6) is -1.31. The lowest BCUT2D eigenvalue weighted by Gasteiger charge is -2.34. The summed E-state index contributed by atoms with van der Waals surface area (Å²) in [7, 11) is 1.59. The molecule has 1 aromatic rings. The van der Waals surface area contributed by atoms with E-state index in [0.717, 1.165) is 17.8 Å². The van der Waals surface area contributed by atoms with E-state index in [0.29, 0.717) is 32.7 Å². The monoisotopic (exact) mass is 343 g/mol. The normalized spacial score (nSPS) is 15.5. The highest BCUT2D eigenvalue weighted by atomic mass is 32.2. The summed E-state index contributed by atoms with van der Waals surface area (Å²) >= 11 is 1.06. The van der Waals surface area contributed by atoms with Crippen LogP contribution < -0.4 is 5.32 Å². The van der Waals surface area contributed by atoms with Gasteiger partial charge in [0.25, 0.3) is 0 Å². The minimum absolute atomic E-state index is 0.0490. The van der Waals surface area contributed by atoms with Crippen LogP contribution in [0.15, 0.2) is 23.1 Å². The van der Waals surface area contributed by atoms with Crippen LogP contribution in [0, 0.1) is 11.6 Å². The molecule has 0 spiro atoms. The molecule has 8 heteroatoms. The van der Waals surface area contributed by atoms with Crippen molar-refractivity contribution in [2.24, 2.45) is 0 Å². The highest BCUT2D eigenvalue weighted by molar-refractivity contribution is 8.00. The molecule has 2 amide bonds. The molecular weight excluding hydrogens is 324 g/mol. The van der Waals surface area contributed by atoms with Crippen LogP contribution in [-0.2, 0) is 9.59 Å². The number of benzene rings is 1. The molecule has 1 aliphatic rings. The minimum Gasteiger partial charge on any atom is -0.358 e. The van der Waals surface area contributed by atoms with Crippen molar-refractivity contribution in [1.82, 2.24) is 15.1 Å². The number of carbonyl (C=O) groups is 2. The topological polar surface area (TPSA) is 52.7 Å². The standard InChI is InChI=1S/C15H19F2N3O2S/c1-18-14(21)9-19-4-6-20(7-5-19)15(22)10-23-13-3-2-11(16)8-12(13)17/h2-3,8H,4-7,9-10H2,1H3,(H,18,21). The number of nitrogens with one attached hydrogen (secondary N) is 1. The van der Waals surface area contributed by atoms with E-state index >= 15 is 0 Å². The molecule has 23 heavy (non-hydrogen) atoms. The number of piperazine rings is 1. The summed E-state index contributed by atoms with van der Waals surface area (Å²) in [6, 6.07) is 3.32. The number of amides is 2. The first-order valence-corrected chi connectivity index (χ1v) is 8.26. The first-order valence-electron chi connectivity index (χ1n) is 7.28. The van der Waals surface area contributed by atoms with E-state index in [1.807, 2.05) is 4.90 Å². The van der Waals surface area contributed by atoms with E-state index in [1.165, 1.54) is 12.1 Å². The van der Waals surface area contributed by atoms with E-state index < -0.39 is 11.6 Å². The summed E-state index contributed by atoms with van der Waals surface area (Å²) in [5.41, 5.74) is 0. The summed E-state index contributed by atoms with van der Waals surface area (Å²) in [6.07, 6.45) is 0. The maximum Gasteiger partial charge on any atom is 0.233 e. The van der Waals surface area contributed by atoms with E-state index in [4.69, 9.17) is 0 Å². The van der Waals surface area contributed by atoms with Gasteiger partial charge in [-0.1, -0.05) is 0 Å². The molecule has 1 fully saturated rings. The third kappa shape index (κ3) is 5.18. The highest BCUT2D eigenvalue weighted by Gasteiger charge is 2.22. The molecule has 0 unspecified atom stereocenters. The summed E-state index contributed by atoms with van der Waals surface area (Å²) in [6.45, 7) is 2.68. The van der Waals surface area contributed by atoms with Gasteiger partial charge in [-0.2, -0.15) is 0 Å². The van der Waals surface area contributed by atoms with Gasteiger partial charge in [0.1, 0.15) is 11.6 Å². The molecule has 126 valence electrons. The van der Waals surface area contributed by atoms with E-state index in [9.17, 15) is 18.4 Å². The lowest BCUT2D eigenvalue weighted by atomic mass is 10.3. The average molecular weight is 343 g/mol. The maximum absolute atomic E-state index is 13.5. The number of halogens is 2. The molecule has 0 saturated carbocycles. The van der Waals surface area contributed by atoms with Crippen LogP contribution in [0.4, 0.5) is 8.78 Å². The van der Waals surface area contributed by atoms with Crippen LogP contribution in [-0.4, -0.2) is 67.1 Å². The molecule has 5 nitrogen and oxygen atoms in total. The van der Waals surface area contributed by atoms with Crippen molar-refractivity contribution in [3.8, 4) is 0 Å². The highest BCUT2D eigenvalue weighted by Crippen LogP contribution is 2.22. The SMILES string of the molecule is CNC(=O)CN1CCN(C(=O)CSc2ccc(F)cc2F)CC1. The molecule has 0 radical (unpaired) electrons. The second kappa shape index (κ2) is 8.26. The van der Waals surface area contributed by atoms with Gasteiger partial charge < -0.3 is 10.2 Å². The maximum atomic E-state index is 13.5. The first kappa shape index (κ1) is 17.7. The number of thioether (sulfide) groups is 1.